The largest absolute Gasteiger partial charge is 0.450 e. The minimum Gasteiger partial charge on any atom is -0.450 e. The van der Waals surface area contributed by atoms with Crippen LogP contribution in [-0.4, -0.2) is 23.6 Å². The number of halogens is 1. The van der Waals surface area contributed by atoms with Crippen molar-refractivity contribution in [1.82, 2.24) is 10.5 Å². The summed E-state index contributed by atoms with van der Waals surface area (Å²) in [5.74, 6) is -1.68. The number of rotatable bonds is 6. The van der Waals surface area contributed by atoms with Crippen LogP contribution in [0.25, 0.3) is 0 Å². The van der Waals surface area contributed by atoms with Gasteiger partial charge in [-0.2, -0.15) is 0 Å². The fourth-order valence-corrected chi connectivity index (χ4v) is 3.10. The van der Waals surface area contributed by atoms with Gasteiger partial charge < -0.3 is 14.6 Å². The minimum atomic E-state index is -0.768. The standard InChI is InChI=1S/C18H15FN2O4S/c1-11-9-14(25-21-11)18(23)24-10-16(22)20-17(15-3-2-8-26-15)12-4-6-13(19)7-5-12/h2-9,17H,10H2,1H3,(H,20,22)/t17-/m1/s1. The van der Waals surface area contributed by atoms with Crippen LogP contribution in [0.3, 0.4) is 0 Å². The van der Waals surface area contributed by atoms with Gasteiger partial charge in [0.25, 0.3) is 5.91 Å². The van der Waals surface area contributed by atoms with Crippen LogP contribution in [0.5, 0.6) is 0 Å². The Hall–Kier alpha value is -3.00. The molecule has 0 aliphatic carbocycles. The summed E-state index contributed by atoms with van der Waals surface area (Å²) >= 11 is 1.46. The Balaban J connectivity index is 1.66. The maximum Gasteiger partial charge on any atom is 0.377 e. The Morgan fingerprint density at radius 3 is 2.69 bits per heavy atom. The van der Waals surface area contributed by atoms with Gasteiger partial charge in [-0.05, 0) is 36.1 Å². The van der Waals surface area contributed by atoms with Crippen molar-refractivity contribution >= 4 is 23.2 Å². The molecule has 1 atom stereocenters. The molecular weight excluding hydrogens is 359 g/mol. The van der Waals surface area contributed by atoms with E-state index in [0.717, 1.165) is 10.4 Å². The molecule has 1 N–H and O–H groups in total. The van der Waals surface area contributed by atoms with Crippen LogP contribution < -0.4 is 5.32 Å². The van der Waals surface area contributed by atoms with Crippen molar-refractivity contribution < 1.29 is 23.2 Å². The highest BCUT2D eigenvalue weighted by atomic mass is 32.1. The number of nitrogens with zero attached hydrogens (tertiary/aromatic N) is 1. The Labute approximate surface area is 152 Å². The minimum absolute atomic E-state index is 0.0661. The summed E-state index contributed by atoms with van der Waals surface area (Å²) in [6.07, 6.45) is 0. The van der Waals surface area contributed by atoms with Crippen molar-refractivity contribution in [1.29, 1.82) is 0 Å². The van der Waals surface area contributed by atoms with Gasteiger partial charge in [-0.25, -0.2) is 9.18 Å². The third-order valence-corrected chi connectivity index (χ3v) is 4.44. The fourth-order valence-electron chi connectivity index (χ4n) is 2.29. The lowest BCUT2D eigenvalue weighted by atomic mass is 10.1. The maximum absolute atomic E-state index is 13.2. The average Bonchev–Trinajstić information content (AvgIpc) is 3.30. The summed E-state index contributed by atoms with van der Waals surface area (Å²) in [7, 11) is 0. The molecule has 0 fully saturated rings. The molecule has 0 aliphatic rings. The Morgan fingerprint density at radius 2 is 2.08 bits per heavy atom. The Bertz CT molecular complexity index is 890. The molecule has 2 aromatic heterocycles. The highest BCUT2D eigenvalue weighted by molar-refractivity contribution is 7.10. The van der Waals surface area contributed by atoms with Crippen LogP contribution >= 0.6 is 11.3 Å². The lowest BCUT2D eigenvalue weighted by molar-refractivity contribution is -0.124. The van der Waals surface area contributed by atoms with Crippen molar-refractivity contribution in [2.75, 3.05) is 6.61 Å². The van der Waals surface area contributed by atoms with E-state index < -0.39 is 24.5 Å². The average molecular weight is 374 g/mol. The second-order valence-electron chi connectivity index (χ2n) is 5.48. The molecule has 3 rings (SSSR count). The molecule has 26 heavy (non-hydrogen) atoms. The number of carbonyl (C=O) groups excluding carboxylic acids is 2. The summed E-state index contributed by atoms with van der Waals surface area (Å²) in [4.78, 5) is 24.9. The molecule has 0 radical (unpaired) electrons. The number of aryl methyl sites for hydroxylation is 1. The molecule has 2 heterocycles. The Kier molecular flexibility index (Phi) is 5.43. The molecule has 0 aliphatic heterocycles. The van der Waals surface area contributed by atoms with Gasteiger partial charge in [0, 0.05) is 10.9 Å². The second kappa shape index (κ2) is 7.92. The molecule has 0 saturated heterocycles. The zero-order valence-corrected chi connectivity index (χ0v) is 14.6. The summed E-state index contributed by atoms with van der Waals surface area (Å²) in [6, 6.07) is 10.5. The van der Waals surface area contributed by atoms with Gasteiger partial charge in [-0.3, -0.25) is 4.79 Å². The van der Waals surface area contributed by atoms with Crippen LogP contribution in [-0.2, 0) is 9.53 Å². The van der Waals surface area contributed by atoms with E-state index in [9.17, 15) is 14.0 Å². The van der Waals surface area contributed by atoms with Crippen LogP contribution in [0.2, 0.25) is 0 Å². The first-order valence-electron chi connectivity index (χ1n) is 7.71. The highest BCUT2D eigenvalue weighted by Crippen LogP contribution is 2.26. The first kappa shape index (κ1) is 17.8. The number of esters is 1. The molecule has 0 unspecified atom stereocenters. The smallest absolute Gasteiger partial charge is 0.377 e. The second-order valence-corrected chi connectivity index (χ2v) is 6.46. The van der Waals surface area contributed by atoms with Gasteiger partial charge in [0.1, 0.15) is 5.82 Å². The number of nitrogens with one attached hydrogen (secondary N) is 1. The lowest BCUT2D eigenvalue weighted by Gasteiger charge is -2.18. The van der Waals surface area contributed by atoms with E-state index in [1.54, 1.807) is 19.1 Å². The summed E-state index contributed by atoms with van der Waals surface area (Å²) < 4.78 is 22.9. The van der Waals surface area contributed by atoms with Gasteiger partial charge in [0.05, 0.1) is 11.7 Å². The predicted octanol–water partition coefficient (Wildman–Crippen LogP) is 3.25. The molecule has 0 bridgehead atoms. The highest BCUT2D eigenvalue weighted by Gasteiger charge is 2.20. The van der Waals surface area contributed by atoms with Gasteiger partial charge >= 0.3 is 5.97 Å². The van der Waals surface area contributed by atoms with Crippen molar-refractivity contribution in [2.45, 2.75) is 13.0 Å². The number of benzene rings is 1. The van der Waals surface area contributed by atoms with E-state index in [4.69, 9.17) is 9.26 Å². The topological polar surface area (TPSA) is 81.4 Å². The number of hydrogen-bond donors (Lipinski definition) is 1. The predicted molar refractivity (Wildman–Crippen MR) is 92.2 cm³/mol. The van der Waals surface area contributed by atoms with E-state index in [0.29, 0.717) is 5.69 Å². The number of amides is 1. The quantitative estimate of drug-likeness (QED) is 0.670. The molecule has 0 saturated carbocycles. The summed E-state index contributed by atoms with van der Waals surface area (Å²) in [5.41, 5.74) is 1.26. The van der Waals surface area contributed by atoms with Gasteiger partial charge in [0.15, 0.2) is 6.61 Å². The van der Waals surface area contributed by atoms with E-state index in [1.165, 1.54) is 29.5 Å². The van der Waals surface area contributed by atoms with Crippen molar-refractivity contribution in [3.8, 4) is 0 Å². The van der Waals surface area contributed by atoms with Crippen LogP contribution in [0.1, 0.15) is 32.7 Å². The fraction of sp³-hybridized carbons (Fsp3) is 0.167. The first-order valence-corrected chi connectivity index (χ1v) is 8.59. The van der Waals surface area contributed by atoms with Crippen LogP contribution in [0.4, 0.5) is 4.39 Å². The summed E-state index contributed by atoms with van der Waals surface area (Å²) in [6.45, 7) is 1.20. The zero-order valence-electron chi connectivity index (χ0n) is 13.8. The number of carbonyl (C=O) groups is 2. The third kappa shape index (κ3) is 4.34. The molecule has 1 aromatic carbocycles. The molecule has 8 heteroatoms. The summed E-state index contributed by atoms with van der Waals surface area (Å²) in [5, 5.41) is 8.26. The molecule has 6 nitrogen and oxygen atoms in total. The van der Waals surface area contributed by atoms with E-state index in [2.05, 4.69) is 10.5 Å². The number of hydrogen-bond acceptors (Lipinski definition) is 6. The number of aromatic nitrogens is 1. The third-order valence-electron chi connectivity index (χ3n) is 3.50. The van der Waals surface area contributed by atoms with E-state index >= 15 is 0 Å². The van der Waals surface area contributed by atoms with Crippen molar-refractivity contribution in [3.63, 3.8) is 0 Å². The molecular formula is C18H15FN2O4S. The lowest BCUT2D eigenvalue weighted by Crippen LogP contribution is -2.32. The van der Waals surface area contributed by atoms with Gasteiger partial charge in [-0.1, -0.05) is 23.4 Å². The zero-order chi connectivity index (χ0) is 18.5. The van der Waals surface area contributed by atoms with E-state index in [1.807, 2.05) is 17.5 Å². The van der Waals surface area contributed by atoms with Gasteiger partial charge in [0.2, 0.25) is 5.76 Å². The monoisotopic (exact) mass is 374 g/mol. The maximum atomic E-state index is 13.2. The first-order chi connectivity index (χ1) is 12.5. The molecule has 134 valence electrons. The normalized spacial score (nSPS) is 11.8. The number of thiophene rings is 1. The van der Waals surface area contributed by atoms with Crippen LogP contribution in [0.15, 0.2) is 52.4 Å². The number of ether oxygens (including phenoxy) is 1. The van der Waals surface area contributed by atoms with Crippen LogP contribution in [0, 0.1) is 12.7 Å². The Morgan fingerprint density at radius 1 is 1.31 bits per heavy atom. The van der Waals surface area contributed by atoms with Crippen molar-refractivity contribution in [2.24, 2.45) is 0 Å². The van der Waals surface area contributed by atoms with E-state index in [-0.39, 0.29) is 11.6 Å². The van der Waals surface area contributed by atoms with Gasteiger partial charge in [-0.15, -0.1) is 11.3 Å². The SMILES string of the molecule is Cc1cc(C(=O)OCC(=O)N[C@H](c2ccc(F)cc2)c2cccs2)on1. The van der Waals surface area contributed by atoms with Crippen molar-refractivity contribution in [3.05, 3.63) is 75.6 Å². The molecule has 3 aromatic rings. The molecule has 0 spiro atoms. The molecule has 1 amide bonds.